The van der Waals surface area contributed by atoms with Gasteiger partial charge in [0.2, 0.25) is 5.91 Å². The zero-order chi connectivity index (χ0) is 14.9. The van der Waals surface area contributed by atoms with Crippen LogP contribution in [0, 0.1) is 5.92 Å². The minimum absolute atomic E-state index is 0.00866. The zero-order valence-electron chi connectivity index (χ0n) is 12.6. The third kappa shape index (κ3) is 2.91. The lowest BCUT2D eigenvalue weighted by Gasteiger charge is -2.40. The van der Waals surface area contributed by atoms with Crippen molar-refractivity contribution in [2.24, 2.45) is 5.92 Å². The van der Waals surface area contributed by atoms with Gasteiger partial charge in [-0.15, -0.1) is 0 Å². The Labute approximate surface area is 125 Å². The van der Waals surface area contributed by atoms with E-state index in [1.54, 1.807) is 0 Å². The molecular formula is C17H24N2O2. The maximum Gasteiger partial charge on any atom is 0.243 e. The Balaban J connectivity index is 1.67. The van der Waals surface area contributed by atoms with E-state index in [4.69, 9.17) is 0 Å². The van der Waals surface area contributed by atoms with Crippen LogP contribution in [-0.2, 0) is 11.2 Å². The number of fused-ring (bicyclic) bond motifs is 1. The van der Waals surface area contributed by atoms with Gasteiger partial charge in [0, 0.05) is 12.1 Å². The van der Waals surface area contributed by atoms with Crippen molar-refractivity contribution in [2.45, 2.75) is 50.6 Å². The van der Waals surface area contributed by atoms with Crippen LogP contribution in [0.4, 0.5) is 5.69 Å². The molecule has 1 fully saturated rings. The fourth-order valence-electron chi connectivity index (χ4n) is 3.76. The van der Waals surface area contributed by atoms with Crippen molar-refractivity contribution in [2.75, 3.05) is 11.9 Å². The largest absolute Gasteiger partial charge is 0.394 e. The van der Waals surface area contributed by atoms with E-state index in [2.05, 4.69) is 23.6 Å². The minimum atomic E-state index is -0.425. The van der Waals surface area contributed by atoms with Crippen LogP contribution in [0.3, 0.4) is 0 Å². The van der Waals surface area contributed by atoms with Gasteiger partial charge in [0.25, 0.3) is 0 Å². The van der Waals surface area contributed by atoms with Crippen molar-refractivity contribution in [3.8, 4) is 0 Å². The number of aliphatic hydroxyl groups is 1. The summed E-state index contributed by atoms with van der Waals surface area (Å²) in [6, 6.07) is 7.82. The Morgan fingerprint density at radius 1 is 1.48 bits per heavy atom. The zero-order valence-corrected chi connectivity index (χ0v) is 12.6. The highest BCUT2D eigenvalue weighted by Gasteiger charge is 2.38. The van der Waals surface area contributed by atoms with Gasteiger partial charge in [0.1, 0.15) is 6.04 Å². The second-order valence-electron chi connectivity index (χ2n) is 6.69. The van der Waals surface area contributed by atoms with Crippen LogP contribution in [0.2, 0.25) is 0 Å². The molecule has 21 heavy (non-hydrogen) atoms. The molecule has 0 aromatic heterocycles. The molecule has 3 N–H and O–H groups in total. The summed E-state index contributed by atoms with van der Waals surface area (Å²) in [6.45, 7) is 2.22. The lowest BCUT2D eigenvalue weighted by atomic mass is 9.76. The van der Waals surface area contributed by atoms with Crippen LogP contribution in [0.1, 0.15) is 38.2 Å². The standard InChI is InChI=1S/C17H24N2O2/c1-12-5-4-8-17(10-12,11-20)19-16(21)15-9-13-6-2-3-7-14(13)18-15/h2-3,6-7,12,15,18,20H,4-5,8-11H2,1H3,(H,19,21)/t12?,15-,17?/m0/s1. The third-order valence-electron chi connectivity index (χ3n) is 4.87. The molecule has 1 aliphatic heterocycles. The van der Waals surface area contributed by atoms with E-state index in [1.807, 2.05) is 18.2 Å². The number of aliphatic hydroxyl groups excluding tert-OH is 1. The van der Waals surface area contributed by atoms with Gasteiger partial charge in [0.05, 0.1) is 12.1 Å². The summed E-state index contributed by atoms with van der Waals surface area (Å²) in [7, 11) is 0. The summed E-state index contributed by atoms with van der Waals surface area (Å²) in [4.78, 5) is 12.6. The third-order valence-corrected chi connectivity index (χ3v) is 4.87. The molecule has 1 aromatic rings. The topological polar surface area (TPSA) is 61.4 Å². The maximum atomic E-state index is 12.6. The molecule has 1 aliphatic carbocycles. The van der Waals surface area contributed by atoms with Crippen molar-refractivity contribution in [3.05, 3.63) is 29.8 Å². The smallest absolute Gasteiger partial charge is 0.243 e. The highest BCUT2D eigenvalue weighted by atomic mass is 16.3. The molecule has 2 unspecified atom stereocenters. The van der Waals surface area contributed by atoms with Crippen molar-refractivity contribution in [3.63, 3.8) is 0 Å². The van der Waals surface area contributed by atoms with E-state index in [1.165, 1.54) is 12.0 Å². The summed E-state index contributed by atoms with van der Waals surface area (Å²) >= 11 is 0. The molecule has 0 radical (unpaired) electrons. The van der Waals surface area contributed by atoms with Crippen molar-refractivity contribution >= 4 is 11.6 Å². The van der Waals surface area contributed by atoms with Gasteiger partial charge in [-0.25, -0.2) is 0 Å². The Kier molecular flexibility index (Phi) is 3.89. The molecule has 2 aliphatic rings. The first-order valence-electron chi connectivity index (χ1n) is 7.89. The monoisotopic (exact) mass is 288 g/mol. The maximum absolute atomic E-state index is 12.6. The SMILES string of the molecule is CC1CCCC(CO)(NC(=O)[C@@H]2Cc3ccccc3N2)C1. The summed E-state index contributed by atoms with van der Waals surface area (Å²) in [5.41, 5.74) is 1.81. The van der Waals surface area contributed by atoms with Crippen LogP contribution < -0.4 is 10.6 Å². The van der Waals surface area contributed by atoms with Crippen LogP contribution >= 0.6 is 0 Å². The number of amides is 1. The van der Waals surface area contributed by atoms with Gasteiger partial charge in [-0.2, -0.15) is 0 Å². The van der Waals surface area contributed by atoms with E-state index in [0.717, 1.165) is 31.4 Å². The molecular weight excluding hydrogens is 264 g/mol. The fraction of sp³-hybridized carbons (Fsp3) is 0.588. The van der Waals surface area contributed by atoms with Crippen molar-refractivity contribution in [1.82, 2.24) is 5.32 Å². The molecule has 1 aromatic carbocycles. The second kappa shape index (κ2) is 5.68. The van der Waals surface area contributed by atoms with E-state index < -0.39 is 5.54 Å². The highest BCUT2D eigenvalue weighted by molar-refractivity contribution is 5.88. The average molecular weight is 288 g/mol. The van der Waals surface area contributed by atoms with Gasteiger partial charge in [-0.3, -0.25) is 4.79 Å². The lowest BCUT2D eigenvalue weighted by Crippen LogP contribution is -2.57. The number of hydrogen-bond acceptors (Lipinski definition) is 3. The van der Waals surface area contributed by atoms with Gasteiger partial charge < -0.3 is 15.7 Å². The first kappa shape index (κ1) is 14.4. The first-order chi connectivity index (χ1) is 10.1. The molecule has 0 bridgehead atoms. The number of carbonyl (C=O) groups excluding carboxylic acids is 1. The highest BCUT2D eigenvalue weighted by Crippen LogP contribution is 2.33. The van der Waals surface area contributed by atoms with Crippen molar-refractivity contribution in [1.29, 1.82) is 0 Å². The lowest BCUT2D eigenvalue weighted by molar-refractivity contribution is -0.125. The van der Waals surface area contributed by atoms with Gasteiger partial charge in [-0.05, 0) is 30.4 Å². The van der Waals surface area contributed by atoms with E-state index >= 15 is 0 Å². The summed E-state index contributed by atoms with van der Waals surface area (Å²) in [5.74, 6) is 0.564. The van der Waals surface area contributed by atoms with Gasteiger partial charge >= 0.3 is 0 Å². The number of nitrogens with one attached hydrogen (secondary N) is 2. The molecule has 3 atom stereocenters. The predicted octanol–water partition coefficient (Wildman–Crippen LogP) is 2.08. The molecule has 0 spiro atoms. The summed E-state index contributed by atoms with van der Waals surface area (Å²) in [6.07, 6.45) is 4.72. The predicted molar refractivity (Wildman–Crippen MR) is 83.1 cm³/mol. The Bertz CT molecular complexity index is 506. The summed E-state index contributed by atoms with van der Waals surface area (Å²) in [5, 5.41) is 16.2. The van der Waals surface area contributed by atoms with Crippen LogP contribution in [0.15, 0.2) is 24.3 Å². The van der Waals surface area contributed by atoms with E-state index in [0.29, 0.717) is 5.92 Å². The van der Waals surface area contributed by atoms with E-state index in [9.17, 15) is 9.90 Å². The molecule has 1 saturated carbocycles. The second-order valence-corrected chi connectivity index (χ2v) is 6.69. The Morgan fingerprint density at radius 2 is 2.29 bits per heavy atom. The molecule has 1 amide bonds. The molecule has 0 saturated heterocycles. The molecule has 4 nitrogen and oxygen atoms in total. The fourth-order valence-corrected chi connectivity index (χ4v) is 3.76. The quantitative estimate of drug-likeness (QED) is 0.798. The normalized spacial score (nSPS) is 31.3. The van der Waals surface area contributed by atoms with Crippen LogP contribution in [0.25, 0.3) is 0 Å². The number of carbonyl (C=O) groups is 1. The number of anilines is 1. The Morgan fingerprint density at radius 3 is 3.00 bits per heavy atom. The molecule has 1 heterocycles. The first-order valence-corrected chi connectivity index (χ1v) is 7.89. The van der Waals surface area contributed by atoms with Crippen molar-refractivity contribution < 1.29 is 9.90 Å². The minimum Gasteiger partial charge on any atom is -0.394 e. The number of hydrogen-bond donors (Lipinski definition) is 3. The molecule has 114 valence electrons. The van der Waals surface area contributed by atoms with Gasteiger partial charge in [-0.1, -0.05) is 38.0 Å². The van der Waals surface area contributed by atoms with Crippen LogP contribution in [-0.4, -0.2) is 29.2 Å². The summed E-state index contributed by atoms with van der Waals surface area (Å²) < 4.78 is 0. The number of benzene rings is 1. The number of para-hydroxylation sites is 1. The average Bonchev–Trinajstić information content (AvgIpc) is 2.91. The number of rotatable bonds is 3. The van der Waals surface area contributed by atoms with E-state index in [-0.39, 0.29) is 18.6 Å². The molecule has 4 heteroatoms. The van der Waals surface area contributed by atoms with Crippen LogP contribution in [0.5, 0.6) is 0 Å². The van der Waals surface area contributed by atoms with Gasteiger partial charge in [0.15, 0.2) is 0 Å². The molecule has 3 rings (SSSR count). The Hall–Kier alpha value is -1.55.